The minimum absolute atomic E-state index is 0.0624. The molecule has 5 rings (SSSR count). The summed E-state index contributed by atoms with van der Waals surface area (Å²) in [6.07, 6.45) is 3.52. The number of primary amides is 1. The first-order valence-corrected chi connectivity index (χ1v) is 13.2. The molecular formula is C26H30N8O3S. The van der Waals surface area contributed by atoms with Crippen LogP contribution in [0.4, 0.5) is 28.8 Å². The SMILES string of the molecule is CCCN(C)CC(=O)N1CCc2cc(OC)c(Nc3nc(Nc4ccsc4C(N)=O)c4cc[nH]c4n3)cc21. The average molecular weight is 535 g/mol. The monoisotopic (exact) mass is 534 g/mol. The van der Waals surface area contributed by atoms with Gasteiger partial charge < -0.3 is 31.0 Å². The number of nitrogens with zero attached hydrogens (tertiary/aromatic N) is 4. The number of nitrogens with two attached hydrogens (primary N) is 1. The summed E-state index contributed by atoms with van der Waals surface area (Å²) in [7, 11) is 3.57. The highest BCUT2D eigenvalue weighted by Gasteiger charge is 2.27. The Morgan fingerprint density at radius 2 is 2.08 bits per heavy atom. The molecule has 0 bridgehead atoms. The van der Waals surface area contributed by atoms with Crippen LogP contribution in [0.25, 0.3) is 11.0 Å². The highest BCUT2D eigenvalue weighted by Crippen LogP contribution is 2.39. The quantitative estimate of drug-likeness (QED) is 0.240. The second kappa shape index (κ2) is 10.7. The number of hydrogen-bond donors (Lipinski definition) is 4. The van der Waals surface area contributed by atoms with Gasteiger partial charge in [-0.2, -0.15) is 9.97 Å². The molecule has 0 saturated carbocycles. The number of aromatic amines is 1. The van der Waals surface area contributed by atoms with Crippen molar-refractivity contribution in [1.82, 2.24) is 19.9 Å². The summed E-state index contributed by atoms with van der Waals surface area (Å²) < 4.78 is 5.66. The van der Waals surface area contributed by atoms with Crippen molar-refractivity contribution in [3.63, 3.8) is 0 Å². The number of ether oxygens (including phenoxy) is 1. The van der Waals surface area contributed by atoms with Crippen LogP contribution < -0.4 is 26.0 Å². The molecule has 3 aromatic heterocycles. The Hall–Kier alpha value is -4.16. The van der Waals surface area contributed by atoms with Crippen molar-refractivity contribution in [1.29, 1.82) is 0 Å². The fourth-order valence-electron chi connectivity index (χ4n) is 4.66. The molecule has 4 heterocycles. The number of rotatable bonds is 10. The second-order valence-corrected chi connectivity index (χ2v) is 10.0. The van der Waals surface area contributed by atoms with Crippen molar-refractivity contribution >= 4 is 63.0 Å². The summed E-state index contributed by atoms with van der Waals surface area (Å²) in [6.45, 7) is 3.95. The van der Waals surface area contributed by atoms with Gasteiger partial charge in [0, 0.05) is 18.4 Å². The van der Waals surface area contributed by atoms with Gasteiger partial charge >= 0.3 is 0 Å². The maximum atomic E-state index is 13.1. The predicted octanol–water partition coefficient (Wildman–Crippen LogP) is 3.85. The van der Waals surface area contributed by atoms with Crippen LogP contribution in [0.15, 0.2) is 35.8 Å². The number of amides is 2. The highest BCUT2D eigenvalue weighted by molar-refractivity contribution is 7.12. The standard InChI is InChI=1S/C26H30N8O3S/c1-4-9-33(2)14-21(35)34-10-6-15-12-20(37-3)18(13-19(15)34)30-26-31-24-16(5-8-28-24)25(32-26)29-17-7-11-38-22(17)23(27)36/h5,7-8,11-13H,4,6,9-10,14H2,1-3H3,(H2,27,36)(H3,28,29,30,31,32). The van der Waals surface area contributed by atoms with Crippen LogP contribution in [0.1, 0.15) is 28.6 Å². The van der Waals surface area contributed by atoms with Crippen LogP contribution >= 0.6 is 11.3 Å². The van der Waals surface area contributed by atoms with E-state index in [1.54, 1.807) is 24.8 Å². The van der Waals surface area contributed by atoms with Crippen LogP contribution in [-0.2, 0) is 11.2 Å². The average Bonchev–Trinajstić information content (AvgIpc) is 3.63. The topological polar surface area (TPSA) is 142 Å². The number of nitrogens with one attached hydrogen (secondary N) is 3. The van der Waals surface area contributed by atoms with Gasteiger partial charge in [-0.25, -0.2) is 0 Å². The Balaban J connectivity index is 1.46. The lowest BCUT2D eigenvalue weighted by Crippen LogP contribution is -2.38. The number of aromatic nitrogens is 3. The Labute approximate surface area is 224 Å². The van der Waals surface area contributed by atoms with Gasteiger partial charge in [-0.15, -0.1) is 11.3 Å². The summed E-state index contributed by atoms with van der Waals surface area (Å²) in [5, 5.41) is 9.03. The molecule has 0 unspecified atom stereocenters. The second-order valence-electron chi connectivity index (χ2n) is 9.13. The smallest absolute Gasteiger partial charge is 0.260 e. The largest absolute Gasteiger partial charge is 0.495 e. The first-order valence-electron chi connectivity index (χ1n) is 12.3. The molecule has 1 aliphatic heterocycles. The summed E-state index contributed by atoms with van der Waals surface area (Å²) >= 11 is 1.26. The number of benzene rings is 1. The first kappa shape index (κ1) is 25.5. The van der Waals surface area contributed by atoms with E-state index in [2.05, 4.69) is 32.5 Å². The normalized spacial score (nSPS) is 12.7. The molecular weight excluding hydrogens is 504 g/mol. The third-order valence-electron chi connectivity index (χ3n) is 6.41. The molecule has 38 heavy (non-hydrogen) atoms. The summed E-state index contributed by atoms with van der Waals surface area (Å²) in [5.41, 5.74) is 9.25. The Morgan fingerprint density at radius 3 is 2.84 bits per heavy atom. The molecule has 0 atom stereocenters. The van der Waals surface area contributed by atoms with Gasteiger partial charge in [0.1, 0.15) is 22.1 Å². The number of carbonyl (C=O) groups excluding carboxylic acids is 2. The number of hydrogen-bond acceptors (Lipinski definition) is 9. The number of H-pyrrole nitrogens is 1. The Kier molecular flexibility index (Phi) is 7.16. The van der Waals surface area contributed by atoms with Crippen LogP contribution in [0.5, 0.6) is 5.75 Å². The molecule has 1 aromatic carbocycles. The molecule has 12 heteroatoms. The van der Waals surface area contributed by atoms with Crippen molar-refractivity contribution in [2.75, 3.05) is 49.3 Å². The zero-order chi connectivity index (χ0) is 26.8. The van der Waals surface area contributed by atoms with Gasteiger partial charge in [0.15, 0.2) is 0 Å². The van der Waals surface area contributed by atoms with Gasteiger partial charge in [0.2, 0.25) is 11.9 Å². The molecule has 0 saturated heterocycles. The number of thiophene rings is 1. The first-order chi connectivity index (χ1) is 18.4. The van der Waals surface area contributed by atoms with Crippen LogP contribution in [0.2, 0.25) is 0 Å². The van der Waals surface area contributed by atoms with E-state index < -0.39 is 5.91 Å². The van der Waals surface area contributed by atoms with E-state index in [4.69, 9.17) is 10.5 Å². The fourth-order valence-corrected chi connectivity index (χ4v) is 5.36. The van der Waals surface area contributed by atoms with Crippen LogP contribution in [-0.4, -0.2) is 65.5 Å². The molecule has 0 aliphatic carbocycles. The van der Waals surface area contributed by atoms with E-state index in [-0.39, 0.29) is 5.91 Å². The number of fused-ring (bicyclic) bond motifs is 2. The lowest BCUT2D eigenvalue weighted by atomic mass is 10.1. The van der Waals surface area contributed by atoms with Gasteiger partial charge in [-0.05, 0) is 61.6 Å². The summed E-state index contributed by atoms with van der Waals surface area (Å²) in [4.78, 5) is 41.6. The molecule has 5 N–H and O–H groups in total. The molecule has 1 aliphatic rings. The van der Waals surface area contributed by atoms with Crippen molar-refractivity contribution in [2.45, 2.75) is 19.8 Å². The Bertz CT molecular complexity index is 1500. The molecule has 0 spiro atoms. The number of anilines is 5. The minimum atomic E-state index is -0.511. The van der Waals surface area contributed by atoms with E-state index in [1.807, 2.05) is 35.0 Å². The van der Waals surface area contributed by atoms with Crippen molar-refractivity contribution < 1.29 is 14.3 Å². The van der Waals surface area contributed by atoms with E-state index in [1.165, 1.54) is 11.3 Å². The van der Waals surface area contributed by atoms with Crippen LogP contribution in [0, 0.1) is 0 Å². The minimum Gasteiger partial charge on any atom is -0.495 e. The zero-order valence-corrected chi connectivity index (χ0v) is 22.3. The van der Waals surface area contributed by atoms with Crippen LogP contribution in [0.3, 0.4) is 0 Å². The fraction of sp³-hybridized carbons (Fsp3) is 0.308. The Morgan fingerprint density at radius 1 is 1.24 bits per heavy atom. The van der Waals surface area contributed by atoms with Gasteiger partial charge in [0.05, 0.1) is 30.4 Å². The van der Waals surface area contributed by atoms with Crippen molar-refractivity contribution in [3.05, 3.63) is 46.3 Å². The van der Waals surface area contributed by atoms with E-state index in [0.29, 0.717) is 52.5 Å². The van der Waals surface area contributed by atoms with E-state index in [9.17, 15) is 9.59 Å². The maximum absolute atomic E-state index is 13.1. The van der Waals surface area contributed by atoms with E-state index >= 15 is 0 Å². The van der Waals surface area contributed by atoms with Gasteiger partial charge in [0.25, 0.3) is 5.91 Å². The van der Waals surface area contributed by atoms with Gasteiger partial charge in [-0.3, -0.25) is 14.5 Å². The lowest BCUT2D eigenvalue weighted by Gasteiger charge is -2.22. The maximum Gasteiger partial charge on any atom is 0.260 e. The molecule has 4 aromatic rings. The number of carbonyl (C=O) groups is 2. The van der Waals surface area contributed by atoms with E-state index in [0.717, 1.165) is 36.0 Å². The summed E-state index contributed by atoms with van der Waals surface area (Å²) in [6, 6.07) is 7.51. The molecule has 2 amide bonds. The zero-order valence-electron chi connectivity index (χ0n) is 21.5. The number of methoxy groups -OCH3 is 1. The highest BCUT2D eigenvalue weighted by atomic mass is 32.1. The number of likely N-dealkylation sites (N-methyl/N-ethyl adjacent to an activating group) is 1. The van der Waals surface area contributed by atoms with Crippen molar-refractivity contribution in [3.8, 4) is 5.75 Å². The molecule has 0 fully saturated rings. The summed E-state index contributed by atoms with van der Waals surface area (Å²) in [5.74, 6) is 1.00. The van der Waals surface area contributed by atoms with Gasteiger partial charge in [-0.1, -0.05) is 6.92 Å². The predicted molar refractivity (Wildman–Crippen MR) is 150 cm³/mol. The third kappa shape index (κ3) is 5.00. The third-order valence-corrected chi connectivity index (χ3v) is 7.34. The molecule has 198 valence electrons. The lowest BCUT2D eigenvalue weighted by molar-refractivity contribution is -0.119. The molecule has 0 radical (unpaired) electrons. The van der Waals surface area contributed by atoms with Crippen molar-refractivity contribution in [2.24, 2.45) is 5.73 Å². The molecule has 11 nitrogen and oxygen atoms in total.